The van der Waals surface area contributed by atoms with Crippen LogP contribution in [0.3, 0.4) is 0 Å². The summed E-state index contributed by atoms with van der Waals surface area (Å²) in [6.07, 6.45) is 83.6. The van der Waals surface area contributed by atoms with E-state index in [-0.39, 0.29) is 32.0 Å². The molecule has 0 rings (SSSR count). The van der Waals surface area contributed by atoms with Gasteiger partial charge in [0, 0.05) is 12.8 Å². The predicted molar refractivity (Wildman–Crippen MR) is 353 cm³/mol. The predicted octanol–water partition coefficient (Wildman–Crippen LogP) is 22.6. The molecule has 82 heavy (non-hydrogen) atoms. The molecule has 0 fully saturated rings. The second-order valence-corrected chi connectivity index (χ2v) is 26.3. The molecule has 0 radical (unpaired) electrons. The van der Waals surface area contributed by atoms with Crippen LogP contribution in [0.4, 0.5) is 0 Å². The van der Waals surface area contributed by atoms with Crippen molar-refractivity contribution in [1.29, 1.82) is 0 Å². The Kier molecular flexibility index (Phi) is 61.5. The van der Waals surface area contributed by atoms with E-state index < -0.39 is 26.5 Å². The molecule has 10 heteroatoms. The van der Waals surface area contributed by atoms with E-state index in [1.54, 1.807) is 0 Å². The summed E-state index contributed by atoms with van der Waals surface area (Å²) in [7, 11) is 1.48. The fraction of sp³-hybridized carbons (Fsp3) is 0.833. The lowest BCUT2D eigenvalue weighted by Gasteiger charge is -2.24. The highest BCUT2D eigenvalue weighted by atomic mass is 31.2. The first-order valence-corrected chi connectivity index (χ1v) is 36.5. The Morgan fingerprint density at radius 2 is 0.695 bits per heavy atom. The van der Waals surface area contributed by atoms with Crippen LogP contribution in [0.5, 0.6) is 0 Å². The first kappa shape index (κ1) is 79.7. The number of allylic oxidation sites excluding steroid dienone is 10. The van der Waals surface area contributed by atoms with Crippen LogP contribution in [0.15, 0.2) is 60.8 Å². The number of quaternary nitrogens is 1. The number of rotatable bonds is 65. The molecule has 0 saturated heterocycles. The summed E-state index contributed by atoms with van der Waals surface area (Å²) in [6, 6.07) is 0. The highest BCUT2D eigenvalue weighted by Crippen LogP contribution is 2.43. The van der Waals surface area contributed by atoms with Gasteiger partial charge >= 0.3 is 19.8 Å². The first-order chi connectivity index (χ1) is 40.0. The number of phosphoric acid groups is 1. The molecule has 0 aliphatic rings. The smallest absolute Gasteiger partial charge is 0.462 e. The normalized spacial score (nSPS) is 13.5. The summed E-state index contributed by atoms with van der Waals surface area (Å²) in [5.74, 6) is -0.796. The van der Waals surface area contributed by atoms with Crippen LogP contribution in [-0.4, -0.2) is 74.9 Å². The average molecular weight is 1170 g/mol. The Bertz CT molecular complexity index is 1570. The largest absolute Gasteiger partial charge is 0.472 e. The van der Waals surface area contributed by atoms with Crippen molar-refractivity contribution in [2.24, 2.45) is 0 Å². The van der Waals surface area contributed by atoms with Gasteiger partial charge in [-0.2, -0.15) is 0 Å². The molecule has 0 aromatic carbocycles. The minimum absolute atomic E-state index is 0.0297. The first-order valence-electron chi connectivity index (χ1n) is 35.0. The Balaban J connectivity index is 3.85. The number of carbonyl (C=O) groups is 2. The summed E-state index contributed by atoms with van der Waals surface area (Å²) >= 11 is 0. The minimum atomic E-state index is -4.39. The fourth-order valence-electron chi connectivity index (χ4n) is 10.2. The van der Waals surface area contributed by atoms with Crippen LogP contribution in [0.1, 0.15) is 335 Å². The maximum Gasteiger partial charge on any atom is 0.472 e. The molecule has 0 aliphatic heterocycles. The quantitative estimate of drug-likeness (QED) is 0.0211. The molecule has 0 saturated carbocycles. The van der Waals surface area contributed by atoms with Crippen molar-refractivity contribution in [3.8, 4) is 0 Å². The van der Waals surface area contributed by atoms with Gasteiger partial charge in [0.1, 0.15) is 19.8 Å². The molecule has 1 N–H and O–H groups in total. The van der Waals surface area contributed by atoms with Crippen molar-refractivity contribution in [1.82, 2.24) is 0 Å². The molecule has 0 heterocycles. The maximum absolute atomic E-state index is 12.8. The van der Waals surface area contributed by atoms with Gasteiger partial charge in [-0.1, -0.05) is 306 Å². The van der Waals surface area contributed by atoms with Gasteiger partial charge in [-0.3, -0.25) is 18.6 Å². The van der Waals surface area contributed by atoms with Crippen molar-refractivity contribution < 1.29 is 42.1 Å². The maximum atomic E-state index is 12.8. The van der Waals surface area contributed by atoms with E-state index in [9.17, 15) is 19.0 Å². The highest BCUT2D eigenvalue weighted by molar-refractivity contribution is 7.47. The van der Waals surface area contributed by atoms with Gasteiger partial charge in [0.15, 0.2) is 6.10 Å². The summed E-state index contributed by atoms with van der Waals surface area (Å²) in [5, 5.41) is 0. The number of hydrogen-bond acceptors (Lipinski definition) is 7. The van der Waals surface area contributed by atoms with Gasteiger partial charge in [-0.05, 0) is 77.0 Å². The Hall–Kier alpha value is -2.29. The standard InChI is InChI=1S/C72H134NO8P/c1-6-8-10-12-14-16-18-20-22-24-25-26-27-28-29-30-31-32-33-34-35-36-37-38-39-40-41-42-43-44-45-46-47-49-50-52-54-56-58-60-62-64-71(74)78-68-70(69-80-82(76,77)79-67-66-73(3,4)5)81-72(75)65-63-61-59-57-55-53-51-48-23-21-19-17-15-13-11-9-7-2/h9,11,15,17-18,20-21,23-25,70H,6-8,10,12-14,16,19,22,26-69H2,1-5H3/p+1/b11-9-,17-15-,20-18-,23-21-,25-24-. The monoisotopic (exact) mass is 1170 g/mol. The van der Waals surface area contributed by atoms with Crippen LogP contribution >= 0.6 is 7.82 Å². The summed E-state index contributed by atoms with van der Waals surface area (Å²) < 4.78 is 34.6. The van der Waals surface area contributed by atoms with E-state index in [0.717, 1.165) is 70.6 Å². The second kappa shape index (κ2) is 63.2. The molecule has 2 unspecified atom stereocenters. The number of unbranched alkanes of at least 4 members (excludes halogenated alkanes) is 41. The Morgan fingerprint density at radius 1 is 0.390 bits per heavy atom. The van der Waals surface area contributed by atoms with Gasteiger partial charge in [-0.15, -0.1) is 0 Å². The van der Waals surface area contributed by atoms with Crippen LogP contribution in [0.2, 0.25) is 0 Å². The number of hydrogen-bond donors (Lipinski definition) is 1. The molecule has 9 nitrogen and oxygen atoms in total. The van der Waals surface area contributed by atoms with Crippen molar-refractivity contribution in [3.63, 3.8) is 0 Å². The van der Waals surface area contributed by atoms with Crippen LogP contribution in [0.25, 0.3) is 0 Å². The molecular weight excluding hydrogens is 1040 g/mol. The zero-order valence-electron chi connectivity index (χ0n) is 54.7. The van der Waals surface area contributed by atoms with E-state index in [0.29, 0.717) is 17.4 Å². The lowest BCUT2D eigenvalue weighted by atomic mass is 10.0. The van der Waals surface area contributed by atoms with Crippen LogP contribution in [-0.2, 0) is 32.7 Å². The molecule has 480 valence electrons. The van der Waals surface area contributed by atoms with E-state index in [1.807, 2.05) is 21.1 Å². The highest BCUT2D eigenvalue weighted by Gasteiger charge is 2.27. The summed E-state index contributed by atoms with van der Waals surface area (Å²) in [4.78, 5) is 35.8. The molecule has 0 aromatic rings. The lowest BCUT2D eigenvalue weighted by Crippen LogP contribution is -2.37. The minimum Gasteiger partial charge on any atom is -0.462 e. The molecule has 0 amide bonds. The fourth-order valence-corrected chi connectivity index (χ4v) is 10.9. The van der Waals surface area contributed by atoms with Gasteiger partial charge in [-0.25, -0.2) is 4.57 Å². The average Bonchev–Trinajstić information content (AvgIpc) is 3.46. The second-order valence-electron chi connectivity index (χ2n) is 24.9. The van der Waals surface area contributed by atoms with Crippen molar-refractivity contribution in [2.75, 3.05) is 47.5 Å². The third kappa shape index (κ3) is 66.8. The summed E-state index contributed by atoms with van der Waals surface area (Å²) in [5.41, 5.74) is 0. The number of phosphoric ester groups is 1. The molecule has 0 aromatic heterocycles. The number of likely N-dealkylation sites (N-methyl/N-ethyl adjacent to an activating group) is 1. The van der Waals surface area contributed by atoms with Crippen LogP contribution < -0.4 is 0 Å². The third-order valence-corrected chi connectivity index (χ3v) is 16.5. The van der Waals surface area contributed by atoms with Gasteiger partial charge in [0.2, 0.25) is 0 Å². The third-order valence-electron chi connectivity index (χ3n) is 15.5. The van der Waals surface area contributed by atoms with Crippen molar-refractivity contribution in [2.45, 2.75) is 341 Å². The number of carbonyl (C=O) groups excluding carboxylic acids is 2. The lowest BCUT2D eigenvalue weighted by molar-refractivity contribution is -0.870. The SMILES string of the molecule is CC/C=C\C/C=C\C/C=C\CCCCCCCCCC(=O)OC(COC(=O)CCCCCCCCCCCCCCCCCCCCCCCCCCCCCCC/C=C\C/C=C\CCCCCCC)COP(=O)(O)OCC[N+](C)(C)C. The van der Waals surface area contributed by atoms with Gasteiger partial charge in [0.25, 0.3) is 0 Å². The number of nitrogens with zero attached hydrogens (tertiary/aromatic N) is 1. The molecule has 2 atom stereocenters. The number of ether oxygens (including phenoxy) is 2. The van der Waals surface area contributed by atoms with Gasteiger partial charge in [0.05, 0.1) is 27.7 Å². The Morgan fingerprint density at radius 3 is 1.04 bits per heavy atom. The van der Waals surface area contributed by atoms with E-state index in [2.05, 4.69) is 74.6 Å². The topological polar surface area (TPSA) is 108 Å². The zero-order chi connectivity index (χ0) is 59.8. The van der Waals surface area contributed by atoms with Crippen LogP contribution in [0, 0.1) is 0 Å². The van der Waals surface area contributed by atoms with E-state index >= 15 is 0 Å². The van der Waals surface area contributed by atoms with E-state index in [1.165, 1.54) is 231 Å². The molecule has 0 aliphatic carbocycles. The Labute approximate surface area is 508 Å². The van der Waals surface area contributed by atoms with E-state index in [4.69, 9.17) is 18.5 Å². The summed E-state index contributed by atoms with van der Waals surface area (Å²) in [6.45, 7) is 4.34. The molecule has 0 spiro atoms. The molecule has 0 bridgehead atoms. The zero-order valence-corrected chi connectivity index (χ0v) is 55.6. The number of esters is 2. The van der Waals surface area contributed by atoms with Crippen molar-refractivity contribution in [3.05, 3.63) is 60.8 Å². The van der Waals surface area contributed by atoms with Crippen molar-refractivity contribution >= 4 is 19.8 Å². The van der Waals surface area contributed by atoms with Gasteiger partial charge < -0.3 is 18.9 Å². The molecular formula is C72H135NO8P+.